The van der Waals surface area contributed by atoms with Crippen LogP contribution in [0.5, 0.6) is 0 Å². The molecule has 0 aromatic heterocycles. The first kappa shape index (κ1) is 7.98. The molecule has 4 nitrogen and oxygen atoms in total. The van der Waals surface area contributed by atoms with E-state index in [0.717, 1.165) is 0 Å². The van der Waals surface area contributed by atoms with Crippen molar-refractivity contribution in [2.45, 2.75) is 0 Å². The molecule has 0 saturated carbocycles. The van der Waals surface area contributed by atoms with Gasteiger partial charge < -0.3 is 10.8 Å². The van der Waals surface area contributed by atoms with Crippen LogP contribution in [-0.2, 0) is 4.79 Å². The number of rotatable bonds is 0. The molecule has 0 saturated heterocycles. The Morgan fingerprint density at radius 1 is 1.46 bits per heavy atom. The summed E-state index contributed by atoms with van der Waals surface area (Å²) in [5.74, 6) is -0.417. The second-order valence-corrected chi connectivity index (χ2v) is 3.03. The molecule has 0 unspecified atom stereocenters. The molecule has 0 atom stereocenters. The number of nitrogens with one attached hydrogen (secondary N) is 1. The van der Waals surface area contributed by atoms with Crippen LogP contribution in [0.15, 0.2) is 18.2 Å². The van der Waals surface area contributed by atoms with Crippen LogP contribution < -0.4 is 5.32 Å². The van der Waals surface area contributed by atoms with Crippen LogP contribution >= 0.6 is 11.6 Å². The first-order chi connectivity index (χ1) is 6.22. The zero-order valence-corrected chi connectivity index (χ0v) is 7.17. The average molecular weight is 194 g/mol. The molecule has 1 aromatic carbocycles. The van der Waals surface area contributed by atoms with E-state index in [2.05, 4.69) is 10.1 Å². The van der Waals surface area contributed by atoms with Crippen molar-refractivity contribution in [3.8, 4) is 0 Å². The van der Waals surface area contributed by atoms with Crippen LogP contribution in [-0.4, -0.2) is 16.4 Å². The van der Waals surface area contributed by atoms with E-state index in [9.17, 15) is 4.79 Å². The van der Waals surface area contributed by atoms with Crippen molar-refractivity contribution in [3.63, 3.8) is 0 Å². The van der Waals surface area contributed by atoms with Crippen LogP contribution in [0.2, 0.25) is 5.02 Å². The zero-order valence-electron chi connectivity index (χ0n) is 6.41. The van der Waals surface area contributed by atoms with Crippen molar-refractivity contribution in [2.75, 3.05) is 5.32 Å². The van der Waals surface area contributed by atoms with Crippen molar-refractivity contribution in [1.82, 2.24) is 0 Å². The van der Waals surface area contributed by atoms with Gasteiger partial charge in [0.2, 0.25) is 0 Å². The standard InChI is InChI=1S/C8H4ClN3O/c9-4-1-2-6-5(3-4)7(12-10)8(13)11-6/h1-3H,(H,11,13). The van der Waals surface area contributed by atoms with Crippen molar-refractivity contribution in [3.05, 3.63) is 34.3 Å². The predicted octanol–water partition coefficient (Wildman–Crippen LogP) is 1.31. The van der Waals surface area contributed by atoms with Gasteiger partial charge in [-0.15, -0.1) is 0 Å². The summed E-state index contributed by atoms with van der Waals surface area (Å²) >= 11 is 5.72. The molecular weight excluding hydrogens is 190 g/mol. The third-order valence-electron chi connectivity index (χ3n) is 1.80. The monoisotopic (exact) mass is 193 g/mol. The molecule has 0 fully saturated rings. The highest BCUT2D eigenvalue weighted by molar-refractivity contribution is 6.52. The molecule has 0 spiro atoms. The van der Waals surface area contributed by atoms with Gasteiger partial charge in [-0.1, -0.05) is 11.6 Å². The highest BCUT2D eigenvalue weighted by Crippen LogP contribution is 2.25. The number of fused-ring (bicyclic) bond motifs is 1. The maximum atomic E-state index is 11.1. The van der Waals surface area contributed by atoms with E-state index in [0.29, 0.717) is 16.3 Å². The number of hydrogen-bond donors (Lipinski definition) is 1. The van der Waals surface area contributed by atoms with Gasteiger partial charge in [-0.25, -0.2) is 0 Å². The molecule has 0 radical (unpaired) electrons. The number of nitrogens with zero attached hydrogens (tertiary/aromatic N) is 2. The molecule has 1 aromatic rings. The van der Waals surface area contributed by atoms with Crippen LogP contribution in [0.3, 0.4) is 0 Å². The van der Waals surface area contributed by atoms with Gasteiger partial charge in [0.05, 0.1) is 11.3 Å². The molecule has 1 amide bonds. The SMILES string of the molecule is [N-]=[N+]=C1C(=O)Nc2ccc(Cl)cc21. The highest BCUT2D eigenvalue weighted by atomic mass is 35.5. The van der Waals surface area contributed by atoms with E-state index in [1.165, 1.54) is 0 Å². The summed E-state index contributed by atoms with van der Waals surface area (Å²) in [4.78, 5) is 14.0. The summed E-state index contributed by atoms with van der Waals surface area (Å²) in [6.45, 7) is 0. The fourth-order valence-corrected chi connectivity index (χ4v) is 1.40. The summed E-state index contributed by atoms with van der Waals surface area (Å²) in [6, 6.07) is 4.89. The van der Waals surface area contributed by atoms with Crippen molar-refractivity contribution in [1.29, 1.82) is 0 Å². The third kappa shape index (κ3) is 1.13. The molecule has 0 bridgehead atoms. The number of halogens is 1. The van der Waals surface area contributed by atoms with Gasteiger partial charge >= 0.3 is 11.6 Å². The zero-order chi connectivity index (χ0) is 9.42. The predicted molar refractivity (Wildman–Crippen MR) is 47.8 cm³/mol. The Morgan fingerprint density at radius 3 is 2.92 bits per heavy atom. The fraction of sp³-hybridized carbons (Fsp3) is 0. The van der Waals surface area contributed by atoms with E-state index in [-0.39, 0.29) is 5.71 Å². The van der Waals surface area contributed by atoms with Gasteiger partial charge in [0.25, 0.3) is 0 Å². The molecular formula is C8H4ClN3O. The molecule has 2 rings (SSSR count). The van der Waals surface area contributed by atoms with Crippen LogP contribution in [0, 0.1) is 0 Å². The lowest BCUT2D eigenvalue weighted by atomic mass is 10.1. The number of benzene rings is 1. The van der Waals surface area contributed by atoms with E-state index in [4.69, 9.17) is 17.1 Å². The molecule has 64 valence electrons. The summed E-state index contributed by atoms with van der Waals surface area (Å²) in [5.41, 5.74) is 9.70. The molecule has 1 aliphatic heterocycles. The van der Waals surface area contributed by atoms with Crippen molar-refractivity contribution < 1.29 is 9.58 Å². The number of amides is 1. The number of anilines is 1. The van der Waals surface area contributed by atoms with E-state index >= 15 is 0 Å². The minimum atomic E-state index is -0.417. The highest BCUT2D eigenvalue weighted by Gasteiger charge is 2.33. The molecule has 1 aliphatic rings. The maximum Gasteiger partial charge on any atom is 0.388 e. The van der Waals surface area contributed by atoms with Crippen molar-refractivity contribution >= 4 is 28.9 Å². The summed E-state index contributed by atoms with van der Waals surface area (Å²) in [7, 11) is 0. The smallest absolute Gasteiger partial charge is 0.361 e. The summed E-state index contributed by atoms with van der Waals surface area (Å²) < 4.78 is 0. The lowest BCUT2D eigenvalue weighted by Crippen LogP contribution is -2.14. The van der Waals surface area contributed by atoms with E-state index < -0.39 is 5.91 Å². The molecule has 0 aliphatic carbocycles. The van der Waals surface area contributed by atoms with Gasteiger partial charge in [-0.05, 0) is 18.2 Å². The van der Waals surface area contributed by atoms with Gasteiger partial charge in [0, 0.05) is 5.02 Å². The summed E-state index contributed by atoms with van der Waals surface area (Å²) in [5, 5.41) is 3.03. The Morgan fingerprint density at radius 2 is 2.23 bits per heavy atom. The summed E-state index contributed by atoms with van der Waals surface area (Å²) in [6.07, 6.45) is 0. The maximum absolute atomic E-state index is 11.1. The first-order valence-corrected chi connectivity index (χ1v) is 3.93. The van der Waals surface area contributed by atoms with Crippen LogP contribution in [0.1, 0.15) is 5.56 Å². The second-order valence-electron chi connectivity index (χ2n) is 2.59. The molecule has 1 N–H and O–H groups in total. The number of carbonyl (C=O) groups excluding carboxylic acids is 1. The lowest BCUT2D eigenvalue weighted by molar-refractivity contribution is -0.114. The van der Waals surface area contributed by atoms with Crippen LogP contribution in [0.25, 0.3) is 5.53 Å². The third-order valence-corrected chi connectivity index (χ3v) is 2.04. The Kier molecular flexibility index (Phi) is 1.65. The van der Waals surface area contributed by atoms with Gasteiger partial charge in [-0.2, -0.15) is 4.79 Å². The number of hydrogen-bond acceptors (Lipinski definition) is 1. The van der Waals surface area contributed by atoms with E-state index in [1.54, 1.807) is 18.2 Å². The van der Waals surface area contributed by atoms with Gasteiger partial charge in [-0.3, -0.25) is 4.79 Å². The largest absolute Gasteiger partial charge is 0.388 e. The van der Waals surface area contributed by atoms with Gasteiger partial charge in [0.15, 0.2) is 0 Å². The van der Waals surface area contributed by atoms with E-state index in [1.807, 2.05) is 0 Å². The Balaban J connectivity index is 2.70. The van der Waals surface area contributed by atoms with Gasteiger partial charge in [0.1, 0.15) is 0 Å². The average Bonchev–Trinajstić information content (AvgIpc) is 2.40. The second kappa shape index (κ2) is 2.69. The Hall–Kier alpha value is -1.64. The minimum Gasteiger partial charge on any atom is -0.361 e. The number of carbonyl (C=O) groups is 1. The molecule has 13 heavy (non-hydrogen) atoms. The quantitative estimate of drug-likeness (QED) is 0.490. The first-order valence-electron chi connectivity index (χ1n) is 3.55. The Labute approximate surface area is 78.8 Å². The molecule has 1 heterocycles. The van der Waals surface area contributed by atoms with Crippen LogP contribution in [0.4, 0.5) is 5.69 Å². The normalized spacial score (nSPS) is 13.6. The van der Waals surface area contributed by atoms with Crippen molar-refractivity contribution in [2.24, 2.45) is 0 Å². The topological polar surface area (TPSA) is 65.5 Å². The Bertz CT molecular complexity index is 449. The molecule has 5 heteroatoms. The lowest BCUT2D eigenvalue weighted by Gasteiger charge is -1.93. The minimum absolute atomic E-state index is 0.00231. The fourth-order valence-electron chi connectivity index (χ4n) is 1.22.